The molecule has 1 saturated carbocycles. The molecule has 0 aliphatic heterocycles. The number of halogens is 1. The first kappa shape index (κ1) is 18.8. The Bertz CT molecular complexity index is 1390. The van der Waals surface area contributed by atoms with Crippen LogP contribution < -0.4 is 0 Å². The molecule has 3 aromatic heterocycles. The molecule has 2 aromatic carbocycles. The molecule has 6 rings (SSSR count). The molecule has 1 N–H and O–H groups in total. The van der Waals surface area contributed by atoms with Crippen LogP contribution in [0.5, 0.6) is 0 Å². The molecule has 154 valence electrons. The van der Waals surface area contributed by atoms with E-state index in [-0.39, 0.29) is 5.82 Å². The maximum absolute atomic E-state index is 14.2. The molecule has 1 aliphatic carbocycles. The monoisotopic (exact) mass is 426 g/mol. The van der Waals surface area contributed by atoms with Crippen LogP contribution in [0.1, 0.15) is 43.6 Å². The number of rotatable bonds is 3. The normalized spacial score (nSPS) is 15.1. The minimum Gasteiger partial charge on any atom is -0.354 e. The zero-order chi connectivity index (χ0) is 20.8. The predicted molar refractivity (Wildman–Crippen MR) is 128 cm³/mol. The molecule has 1 fully saturated rings. The van der Waals surface area contributed by atoms with Crippen molar-refractivity contribution in [1.82, 2.24) is 9.97 Å². The zero-order valence-corrected chi connectivity index (χ0v) is 18.0. The fraction of sp³-hybridized carbons (Fsp3) is 0.222. The highest BCUT2D eigenvalue weighted by Gasteiger charge is 2.24. The minimum absolute atomic E-state index is 0.241. The van der Waals surface area contributed by atoms with Crippen molar-refractivity contribution in [2.24, 2.45) is 0 Å². The summed E-state index contributed by atoms with van der Waals surface area (Å²) in [4.78, 5) is 8.45. The molecule has 4 heteroatoms. The molecule has 0 atom stereocenters. The quantitative estimate of drug-likeness (QED) is 0.309. The van der Waals surface area contributed by atoms with Crippen LogP contribution >= 0.6 is 11.3 Å². The second-order valence-corrected chi connectivity index (χ2v) is 9.41. The van der Waals surface area contributed by atoms with Crippen LogP contribution in [0.2, 0.25) is 0 Å². The molecular weight excluding hydrogens is 403 g/mol. The number of hydrogen-bond donors (Lipinski definition) is 1. The van der Waals surface area contributed by atoms with E-state index < -0.39 is 0 Å². The second kappa shape index (κ2) is 7.61. The van der Waals surface area contributed by atoms with E-state index in [2.05, 4.69) is 40.7 Å². The van der Waals surface area contributed by atoms with Gasteiger partial charge >= 0.3 is 0 Å². The molecule has 5 aromatic rings. The van der Waals surface area contributed by atoms with E-state index in [4.69, 9.17) is 4.98 Å². The number of nitrogens with one attached hydrogen (secondary N) is 1. The summed E-state index contributed by atoms with van der Waals surface area (Å²) in [5.74, 6) is 0.392. The number of pyridine rings is 1. The average molecular weight is 427 g/mol. The van der Waals surface area contributed by atoms with Crippen LogP contribution in [0.15, 0.2) is 66.0 Å². The Labute approximate surface area is 184 Å². The highest BCUT2D eigenvalue weighted by Crippen LogP contribution is 2.44. The van der Waals surface area contributed by atoms with Gasteiger partial charge in [0, 0.05) is 10.9 Å². The Morgan fingerprint density at radius 2 is 1.81 bits per heavy atom. The first-order valence-electron chi connectivity index (χ1n) is 11.0. The number of H-pyrrole nitrogens is 1. The molecule has 0 radical (unpaired) electrons. The molecule has 0 spiro atoms. The Hall–Kier alpha value is -2.98. The Balaban J connectivity index is 1.45. The third kappa shape index (κ3) is 3.26. The van der Waals surface area contributed by atoms with Crippen LogP contribution in [0.25, 0.3) is 43.6 Å². The number of aromatic amines is 1. The lowest BCUT2D eigenvalue weighted by Crippen LogP contribution is -2.05. The van der Waals surface area contributed by atoms with Gasteiger partial charge in [0.25, 0.3) is 0 Å². The van der Waals surface area contributed by atoms with Crippen molar-refractivity contribution in [2.45, 2.75) is 38.0 Å². The summed E-state index contributed by atoms with van der Waals surface area (Å²) >= 11 is 1.85. The van der Waals surface area contributed by atoms with Gasteiger partial charge in [-0.2, -0.15) is 0 Å². The SMILES string of the molecule is Fc1ccccc1-c1ccc2cc(-c3[nH]c4ccsc4c3C3CCCCC3)ccc2n1. The smallest absolute Gasteiger partial charge is 0.132 e. The van der Waals surface area contributed by atoms with Crippen LogP contribution in [-0.4, -0.2) is 9.97 Å². The number of aromatic nitrogens is 2. The number of thiophene rings is 1. The van der Waals surface area contributed by atoms with Crippen molar-refractivity contribution < 1.29 is 4.39 Å². The van der Waals surface area contributed by atoms with Crippen molar-refractivity contribution in [3.05, 3.63) is 77.4 Å². The third-order valence-corrected chi connectivity index (χ3v) is 7.53. The summed E-state index contributed by atoms with van der Waals surface area (Å²) in [7, 11) is 0. The van der Waals surface area contributed by atoms with Gasteiger partial charge in [0.2, 0.25) is 0 Å². The molecule has 0 saturated heterocycles. The maximum atomic E-state index is 14.2. The number of nitrogens with zero attached hydrogens (tertiary/aromatic N) is 1. The van der Waals surface area contributed by atoms with Crippen LogP contribution in [-0.2, 0) is 0 Å². The molecular formula is C27H23FN2S. The standard InChI is InChI=1S/C27H23FN2S/c28-21-9-5-4-8-20(21)23-13-10-18-16-19(11-12-22(18)29-23)26-25(17-6-2-1-3-7-17)27-24(30-26)14-15-31-27/h4-5,8-17,30H,1-3,6-7H2. The van der Waals surface area contributed by atoms with Crippen LogP contribution in [0.3, 0.4) is 0 Å². The van der Waals surface area contributed by atoms with Gasteiger partial charge in [-0.1, -0.05) is 43.5 Å². The molecule has 1 aliphatic rings. The topological polar surface area (TPSA) is 28.7 Å². The lowest BCUT2D eigenvalue weighted by Gasteiger charge is -2.22. The fourth-order valence-electron chi connectivity index (χ4n) is 5.04. The number of fused-ring (bicyclic) bond motifs is 2. The van der Waals surface area contributed by atoms with Gasteiger partial charge in [0.1, 0.15) is 5.82 Å². The van der Waals surface area contributed by atoms with Gasteiger partial charge in [-0.3, -0.25) is 0 Å². The summed E-state index contributed by atoms with van der Waals surface area (Å²) in [6.45, 7) is 0. The molecule has 0 amide bonds. The predicted octanol–water partition coefficient (Wildman–Crippen LogP) is 8.30. The van der Waals surface area contributed by atoms with Gasteiger partial charge in [0.05, 0.1) is 27.1 Å². The van der Waals surface area contributed by atoms with Gasteiger partial charge in [0.15, 0.2) is 0 Å². The maximum Gasteiger partial charge on any atom is 0.132 e. The fourth-order valence-corrected chi connectivity index (χ4v) is 6.02. The molecule has 0 bridgehead atoms. The molecule has 2 nitrogen and oxygen atoms in total. The van der Waals surface area contributed by atoms with E-state index in [1.807, 2.05) is 23.5 Å². The lowest BCUT2D eigenvalue weighted by atomic mass is 9.83. The number of hydrogen-bond acceptors (Lipinski definition) is 2. The molecule has 0 unspecified atom stereocenters. The van der Waals surface area contributed by atoms with E-state index >= 15 is 0 Å². The van der Waals surface area contributed by atoms with Crippen molar-refractivity contribution in [3.63, 3.8) is 0 Å². The van der Waals surface area contributed by atoms with Gasteiger partial charge in [-0.25, -0.2) is 9.37 Å². The molecule has 3 heterocycles. The Morgan fingerprint density at radius 3 is 2.68 bits per heavy atom. The summed E-state index contributed by atoms with van der Waals surface area (Å²) in [5.41, 5.74) is 7.30. The van der Waals surface area contributed by atoms with Crippen molar-refractivity contribution in [2.75, 3.05) is 0 Å². The largest absolute Gasteiger partial charge is 0.354 e. The van der Waals surface area contributed by atoms with Gasteiger partial charge < -0.3 is 4.98 Å². The summed E-state index contributed by atoms with van der Waals surface area (Å²) in [6.07, 6.45) is 6.55. The Kier molecular flexibility index (Phi) is 4.61. The Morgan fingerprint density at radius 1 is 0.935 bits per heavy atom. The van der Waals surface area contributed by atoms with Gasteiger partial charge in [-0.05, 0) is 71.7 Å². The lowest BCUT2D eigenvalue weighted by molar-refractivity contribution is 0.446. The van der Waals surface area contributed by atoms with Crippen LogP contribution in [0.4, 0.5) is 4.39 Å². The van der Waals surface area contributed by atoms with E-state index in [9.17, 15) is 4.39 Å². The highest BCUT2D eigenvalue weighted by molar-refractivity contribution is 7.17. The first-order chi connectivity index (χ1) is 15.3. The molecule has 31 heavy (non-hydrogen) atoms. The van der Waals surface area contributed by atoms with Crippen LogP contribution in [0, 0.1) is 5.82 Å². The average Bonchev–Trinajstić information content (AvgIpc) is 3.41. The summed E-state index contributed by atoms with van der Waals surface area (Å²) < 4.78 is 15.6. The minimum atomic E-state index is -0.241. The number of benzene rings is 2. The van der Waals surface area contributed by atoms with Crippen molar-refractivity contribution >= 4 is 32.5 Å². The summed E-state index contributed by atoms with van der Waals surface area (Å²) in [5, 5.41) is 3.26. The van der Waals surface area contributed by atoms with Crippen molar-refractivity contribution in [3.8, 4) is 22.5 Å². The van der Waals surface area contributed by atoms with E-state index in [0.29, 0.717) is 17.2 Å². The van der Waals surface area contributed by atoms with E-state index in [1.165, 1.54) is 65.2 Å². The summed E-state index contributed by atoms with van der Waals surface area (Å²) in [6, 6.07) is 19.4. The first-order valence-corrected chi connectivity index (χ1v) is 11.9. The second-order valence-electron chi connectivity index (χ2n) is 8.50. The van der Waals surface area contributed by atoms with Crippen molar-refractivity contribution in [1.29, 1.82) is 0 Å². The van der Waals surface area contributed by atoms with E-state index in [1.54, 1.807) is 12.1 Å². The van der Waals surface area contributed by atoms with Gasteiger partial charge in [-0.15, -0.1) is 11.3 Å². The zero-order valence-electron chi connectivity index (χ0n) is 17.2. The third-order valence-electron chi connectivity index (χ3n) is 6.58. The highest BCUT2D eigenvalue weighted by atomic mass is 32.1. The van der Waals surface area contributed by atoms with E-state index in [0.717, 1.165) is 10.9 Å².